The standard InChI is InChI=1S/C35H32IN3O4S/c1-4-7-18-27(5-2)39-34(42)28(21-24-19-20-30(43-6-3)29(36)22-24)33(41)38-35(39)44-23-31(40)37-32(25-14-10-8-11-15-25)26-16-12-9-13-17-26/h4-5,7-22,32H,1,6,23H2,2-3H3,(H,37,40)/b18-7-,27-5+,28-21+. The van der Waals surface area contributed by atoms with Crippen LogP contribution < -0.4 is 10.1 Å². The number of halogens is 1. The molecule has 9 heteroatoms. The third kappa shape index (κ3) is 8.23. The smallest absolute Gasteiger partial charge is 0.285 e. The minimum Gasteiger partial charge on any atom is -0.493 e. The number of ether oxygens (including phenoxy) is 1. The number of allylic oxidation sites excluding steroid dienone is 4. The number of nitrogens with one attached hydrogen (secondary N) is 1. The SMILES string of the molecule is C=C/C=C\C(=C/C)N1C(=O)/C(=C/c2ccc(OCC)c(I)c2)C(=O)N=C1SCC(=O)NC(c1ccccc1)c1ccccc1. The van der Waals surface area contributed by atoms with Crippen LogP contribution in [0.4, 0.5) is 0 Å². The zero-order valence-electron chi connectivity index (χ0n) is 24.4. The molecular weight excluding hydrogens is 685 g/mol. The van der Waals surface area contributed by atoms with Gasteiger partial charge < -0.3 is 10.1 Å². The van der Waals surface area contributed by atoms with E-state index in [9.17, 15) is 14.4 Å². The molecule has 0 aliphatic carbocycles. The van der Waals surface area contributed by atoms with Gasteiger partial charge in [-0.25, -0.2) is 0 Å². The normalized spacial score (nSPS) is 14.7. The Labute approximate surface area is 275 Å². The molecule has 0 saturated heterocycles. The van der Waals surface area contributed by atoms with Crippen LogP contribution in [0.15, 0.2) is 126 Å². The first-order valence-corrected chi connectivity index (χ1v) is 16.0. The number of nitrogens with zero attached hydrogens (tertiary/aromatic N) is 2. The number of benzene rings is 3. The fraction of sp³-hybridized carbons (Fsp3) is 0.143. The number of hydrogen-bond acceptors (Lipinski definition) is 5. The van der Waals surface area contributed by atoms with Gasteiger partial charge in [0.15, 0.2) is 5.17 Å². The van der Waals surface area contributed by atoms with E-state index in [1.807, 2.05) is 73.7 Å². The monoisotopic (exact) mass is 717 g/mol. The van der Waals surface area contributed by atoms with Crippen molar-refractivity contribution in [2.75, 3.05) is 12.4 Å². The van der Waals surface area contributed by atoms with E-state index >= 15 is 0 Å². The highest BCUT2D eigenvalue weighted by Crippen LogP contribution is 2.28. The van der Waals surface area contributed by atoms with Gasteiger partial charge in [-0.15, -0.1) is 0 Å². The summed E-state index contributed by atoms with van der Waals surface area (Å²) in [6, 6.07) is 24.4. The van der Waals surface area contributed by atoms with Gasteiger partial charge in [0.05, 0.1) is 22.0 Å². The van der Waals surface area contributed by atoms with Crippen molar-refractivity contribution in [1.82, 2.24) is 10.2 Å². The van der Waals surface area contributed by atoms with E-state index in [0.29, 0.717) is 17.9 Å². The largest absolute Gasteiger partial charge is 0.493 e. The van der Waals surface area contributed by atoms with E-state index in [0.717, 1.165) is 32.2 Å². The van der Waals surface area contributed by atoms with Gasteiger partial charge in [-0.2, -0.15) is 4.99 Å². The summed E-state index contributed by atoms with van der Waals surface area (Å²) in [6.07, 6.45) is 8.25. The Morgan fingerprint density at radius 1 is 1.07 bits per heavy atom. The number of amidine groups is 1. The second-order valence-electron chi connectivity index (χ2n) is 9.44. The molecule has 0 unspecified atom stereocenters. The molecule has 1 N–H and O–H groups in total. The maximum Gasteiger partial charge on any atom is 0.285 e. The summed E-state index contributed by atoms with van der Waals surface area (Å²) in [5, 5.41) is 3.21. The van der Waals surface area contributed by atoms with E-state index in [1.54, 1.807) is 43.4 Å². The molecule has 0 aromatic heterocycles. The molecule has 0 atom stereocenters. The topological polar surface area (TPSA) is 88.1 Å². The Balaban J connectivity index is 1.61. The molecule has 3 aromatic rings. The number of rotatable bonds is 11. The summed E-state index contributed by atoms with van der Waals surface area (Å²) in [7, 11) is 0. The predicted molar refractivity (Wildman–Crippen MR) is 186 cm³/mol. The van der Waals surface area contributed by atoms with Crippen LogP contribution in [0, 0.1) is 3.57 Å². The van der Waals surface area contributed by atoms with Gasteiger partial charge in [0.25, 0.3) is 11.8 Å². The highest BCUT2D eigenvalue weighted by Gasteiger charge is 2.35. The fourth-order valence-electron chi connectivity index (χ4n) is 4.44. The Bertz CT molecular complexity index is 1610. The summed E-state index contributed by atoms with van der Waals surface area (Å²) in [5.74, 6) is -0.827. The summed E-state index contributed by atoms with van der Waals surface area (Å²) in [4.78, 5) is 46.0. The average Bonchev–Trinajstić information content (AvgIpc) is 3.04. The lowest BCUT2D eigenvalue weighted by molar-refractivity contribution is -0.126. The van der Waals surface area contributed by atoms with Gasteiger partial charge >= 0.3 is 0 Å². The van der Waals surface area contributed by atoms with Gasteiger partial charge in [0.2, 0.25) is 5.91 Å². The van der Waals surface area contributed by atoms with Crippen molar-refractivity contribution < 1.29 is 19.1 Å². The van der Waals surface area contributed by atoms with Crippen molar-refractivity contribution in [3.63, 3.8) is 0 Å². The lowest BCUT2D eigenvalue weighted by Gasteiger charge is -2.28. The molecule has 0 radical (unpaired) electrons. The first-order chi connectivity index (χ1) is 21.4. The molecule has 4 rings (SSSR count). The molecule has 44 heavy (non-hydrogen) atoms. The van der Waals surface area contributed by atoms with Crippen LogP contribution in [-0.4, -0.2) is 40.1 Å². The second-order valence-corrected chi connectivity index (χ2v) is 11.5. The summed E-state index contributed by atoms with van der Waals surface area (Å²) in [6.45, 7) is 7.93. The lowest BCUT2D eigenvalue weighted by atomic mass is 9.99. The average molecular weight is 718 g/mol. The van der Waals surface area contributed by atoms with Crippen molar-refractivity contribution in [3.8, 4) is 5.75 Å². The summed E-state index contributed by atoms with van der Waals surface area (Å²) >= 11 is 3.18. The molecule has 0 spiro atoms. The van der Waals surface area contributed by atoms with Crippen LogP contribution >= 0.6 is 34.4 Å². The van der Waals surface area contributed by atoms with Gasteiger partial charge in [-0.1, -0.05) is 103 Å². The fourth-order valence-corrected chi connectivity index (χ4v) is 5.94. The molecule has 0 fully saturated rings. The zero-order chi connectivity index (χ0) is 31.5. The maximum atomic E-state index is 13.9. The molecule has 1 aliphatic rings. The maximum absolute atomic E-state index is 13.9. The van der Waals surface area contributed by atoms with E-state index in [1.165, 1.54) is 11.0 Å². The van der Waals surface area contributed by atoms with E-state index in [-0.39, 0.29) is 28.4 Å². The van der Waals surface area contributed by atoms with E-state index in [2.05, 4.69) is 39.5 Å². The van der Waals surface area contributed by atoms with Crippen molar-refractivity contribution in [2.45, 2.75) is 19.9 Å². The molecule has 7 nitrogen and oxygen atoms in total. The second kappa shape index (κ2) is 16.0. The predicted octanol–water partition coefficient (Wildman–Crippen LogP) is 7.08. The Hall–Kier alpha value is -4.22. The van der Waals surface area contributed by atoms with Gasteiger partial charge in [0.1, 0.15) is 11.3 Å². The van der Waals surface area contributed by atoms with Crippen LogP contribution in [-0.2, 0) is 14.4 Å². The minimum absolute atomic E-state index is 0.0651. The van der Waals surface area contributed by atoms with Crippen LogP contribution in [0.3, 0.4) is 0 Å². The van der Waals surface area contributed by atoms with Crippen molar-refractivity contribution >= 4 is 63.3 Å². The lowest BCUT2D eigenvalue weighted by Crippen LogP contribution is -2.42. The minimum atomic E-state index is -0.673. The van der Waals surface area contributed by atoms with Gasteiger partial charge in [-0.3, -0.25) is 19.3 Å². The number of amides is 3. The Morgan fingerprint density at radius 2 is 1.73 bits per heavy atom. The first kappa shape index (κ1) is 32.7. The molecule has 3 amide bonds. The molecule has 0 saturated carbocycles. The van der Waals surface area contributed by atoms with Crippen LogP contribution in [0.25, 0.3) is 6.08 Å². The third-order valence-corrected chi connectivity index (χ3v) is 8.26. The van der Waals surface area contributed by atoms with Crippen LogP contribution in [0.2, 0.25) is 0 Å². The molecular formula is C35H32IN3O4S. The number of hydrogen-bond donors (Lipinski definition) is 1. The van der Waals surface area contributed by atoms with Crippen LogP contribution in [0.1, 0.15) is 36.6 Å². The number of thioether (sulfide) groups is 1. The Morgan fingerprint density at radius 3 is 2.30 bits per heavy atom. The zero-order valence-corrected chi connectivity index (χ0v) is 27.4. The molecule has 1 aliphatic heterocycles. The highest BCUT2D eigenvalue weighted by atomic mass is 127. The first-order valence-electron chi connectivity index (χ1n) is 13.9. The molecule has 1 heterocycles. The van der Waals surface area contributed by atoms with Crippen molar-refractivity contribution in [3.05, 3.63) is 141 Å². The molecule has 224 valence electrons. The van der Waals surface area contributed by atoms with E-state index < -0.39 is 11.8 Å². The summed E-state index contributed by atoms with van der Waals surface area (Å²) in [5.41, 5.74) is 2.94. The summed E-state index contributed by atoms with van der Waals surface area (Å²) < 4.78 is 6.46. The number of aliphatic imine (C=N–C) groups is 1. The van der Waals surface area contributed by atoms with Crippen molar-refractivity contribution in [1.29, 1.82) is 0 Å². The van der Waals surface area contributed by atoms with Gasteiger partial charge in [-0.05, 0) is 77.4 Å². The molecule has 3 aromatic carbocycles. The number of carbonyl (C=O) groups excluding carboxylic acids is 3. The van der Waals surface area contributed by atoms with Gasteiger partial charge in [0, 0.05) is 5.70 Å². The Kier molecular flexibility index (Phi) is 11.9. The molecule has 0 bridgehead atoms. The van der Waals surface area contributed by atoms with Crippen LogP contribution in [0.5, 0.6) is 5.75 Å². The van der Waals surface area contributed by atoms with Crippen molar-refractivity contribution in [2.24, 2.45) is 4.99 Å². The number of carbonyl (C=O) groups is 3. The highest BCUT2D eigenvalue weighted by molar-refractivity contribution is 14.1. The third-order valence-electron chi connectivity index (χ3n) is 6.48. The van der Waals surface area contributed by atoms with E-state index in [4.69, 9.17) is 4.74 Å². The quantitative estimate of drug-likeness (QED) is 0.0992.